The maximum Gasteiger partial charge on any atom is 0.246 e. The second kappa shape index (κ2) is 26.8. The molecule has 0 aromatic heterocycles. The average molecular weight is 1100 g/mol. The monoisotopic (exact) mass is 1100 g/mol. The van der Waals surface area contributed by atoms with Gasteiger partial charge in [-0.1, -0.05) is 128 Å². The first-order valence-electron chi connectivity index (χ1n) is 28.8. The van der Waals surface area contributed by atoms with E-state index in [1.165, 1.54) is 36.8 Å². The Morgan fingerprint density at radius 1 is 0.610 bits per heavy atom. The maximum absolute atomic E-state index is 14.5. The summed E-state index contributed by atoms with van der Waals surface area (Å²) in [6, 6.07) is 12.7. The molecule has 4 aliphatic heterocycles. The second-order valence-corrected chi connectivity index (χ2v) is 26.3. The van der Waals surface area contributed by atoms with E-state index in [4.69, 9.17) is 9.47 Å². The zero-order valence-corrected chi connectivity index (χ0v) is 48.4. The number of unbranched alkanes of at least 4 members (excludes halogenated alkanes) is 9. The van der Waals surface area contributed by atoms with E-state index in [0.29, 0.717) is 38.9 Å². The summed E-state index contributed by atoms with van der Waals surface area (Å²) >= 11 is 3.40. The zero-order valence-electron chi connectivity index (χ0n) is 46.8. The standard InChI is InChI=1S/C59H88N8O8S2/c1-37(61-7)53(69)63-43-27-31-77-48-35-59(4,5)52(67(48)57(43)73)55(71)65-50-41-25-19-17-23-39(41)33-45(50)75-29-21-15-13-11-9-8-10-12-14-20-28-74-44-32-38-22-16-18-24-40(38)49(44)64-54(70)51-58(2,3)34-47-66(51)56(72)42(26-30-76-47)62-46(68)36-60-6/h16-19,22-25,37,42-45,47-52,60-61H,8-15,20-21,26-36H2,1-7H3,(H,62,68)(H,63,69)(H,64,70)(H,65,71)/t37-,42-,43-,44+,45+,47-,48-,49-,50-,51+,52+/m0/s1. The zero-order chi connectivity index (χ0) is 54.9. The lowest BCUT2D eigenvalue weighted by atomic mass is 9.83. The summed E-state index contributed by atoms with van der Waals surface area (Å²) in [5.41, 5.74) is 3.59. The number of nitrogens with one attached hydrogen (secondary N) is 6. The summed E-state index contributed by atoms with van der Waals surface area (Å²) in [5.74, 6) is 0.292. The molecule has 424 valence electrons. The Bertz CT molecular complexity index is 2390. The van der Waals surface area contributed by atoms with Crippen molar-refractivity contribution in [3.8, 4) is 0 Å². The molecule has 6 N–H and O–H groups in total. The van der Waals surface area contributed by atoms with Crippen LogP contribution in [0, 0.1) is 10.8 Å². The number of hydrogen-bond donors (Lipinski definition) is 6. The predicted octanol–water partition coefficient (Wildman–Crippen LogP) is 6.46. The van der Waals surface area contributed by atoms with Crippen LogP contribution < -0.4 is 31.9 Å². The van der Waals surface area contributed by atoms with Crippen molar-refractivity contribution < 1.29 is 38.2 Å². The Morgan fingerprint density at radius 2 is 1.03 bits per heavy atom. The molecule has 0 spiro atoms. The quantitative estimate of drug-likeness (QED) is 0.0595. The molecule has 8 rings (SSSR count). The smallest absolute Gasteiger partial charge is 0.246 e. The molecule has 11 atom stereocenters. The molecule has 2 aromatic rings. The maximum atomic E-state index is 14.5. The summed E-state index contributed by atoms with van der Waals surface area (Å²) in [7, 11) is 3.42. The van der Waals surface area contributed by atoms with Crippen molar-refractivity contribution in [1.82, 2.24) is 41.7 Å². The number of carbonyl (C=O) groups is 6. The van der Waals surface area contributed by atoms with E-state index in [9.17, 15) is 28.8 Å². The minimum absolute atomic E-state index is 0.125. The van der Waals surface area contributed by atoms with Gasteiger partial charge in [-0.3, -0.25) is 28.8 Å². The number of nitrogens with zero attached hydrogens (tertiary/aromatic N) is 2. The Kier molecular flexibility index (Phi) is 20.5. The van der Waals surface area contributed by atoms with Crippen molar-refractivity contribution >= 4 is 59.0 Å². The minimum atomic E-state index is -0.677. The van der Waals surface area contributed by atoms with Gasteiger partial charge in [0, 0.05) is 26.1 Å². The van der Waals surface area contributed by atoms with E-state index in [2.05, 4.69) is 83.9 Å². The third-order valence-corrected chi connectivity index (χ3v) is 19.6. The number of carbonyl (C=O) groups excluding carboxylic acids is 6. The molecular formula is C59H88N8O8S2. The molecule has 16 nitrogen and oxygen atoms in total. The Balaban J connectivity index is 0.730. The second-order valence-electron chi connectivity index (χ2n) is 23.8. The summed E-state index contributed by atoms with van der Waals surface area (Å²) < 4.78 is 13.2. The van der Waals surface area contributed by atoms with Crippen LogP contribution in [-0.4, -0.2) is 144 Å². The number of amides is 6. The highest BCUT2D eigenvalue weighted by atomic mass is 32.2. The van der Waals surface area contributed by atoms with Crippen LogP contribution in [0.2, 0.25) is 0 Å². The lowest BCUT2D eigenvalue weighted by Gasteiger charge is -2.35. The predicted molar refractivity (Wildman–Crippen MR) is 304 cm³/mol. The van der Waals surface area contributed by atoms with Crippen LogP contribution >= 0.6 is 23.5 Å². The summed E-state index contributed by atoms with van der Waals surface area (Å²) in [4.78, 5) is 86.1. The van der Waals surface area contributed by atoms with Crippen molar-refractivity contribution in [1.29, 1.82) is 0 Å². The van der Waals surface area contributed by atoms with E-state index in [1.54, 1.807) is 54.3 Å². The van der Waals surface area contributed by atoms with Crippen molar-refractivity contribution in [2.45, 2.75) is 203 Å². The molecule has 18 heteroatoms. The number of ether oxygens (including phenoxy) is 2. The van der Waals surface area contributed by atoms with Gasteiger partial charge in [0.05, 0.1) is 47.6 Å². The van der Waals surface area contributed by atoms with Crippen LogP contribution in [0.5, 0.6) is 0 Å². The normalized spacial score (nSPS) is 28.4. The largest absolute Gasteiger partial charge is 0.375 e. The number of thioether (sulfide) groups is 2. The Hall–Kier alpha value is -4.20. The first-order valence-corrected chi connectivity index (χ1v) is 30.9. The molecule has 6 aliphatic rings. The highest BCUT2D eigenvalue weighted by molar-refractivity contribution is 8.00. The van der Waals surface area contributed by atoms with Gasteiger partial charge in [0.1, 0.15) is 24.2 Å². The fraction of sp³-hybridized carbons (Fsp3) is 0.695. The van der Waals surface area contributed by atoms with Crippen molar-refractivity contribution in [3.63, 3.8) is 0 Å². The molecule has 4 heterocycles. The summed E-state index contributed by atoms with van der Waals surface area (Å²) in [5, 5.41) is 18.2. The molecule has 6 amide bonds. The number of hydrogen-bond acceptors (Lipinski definition) is 12. The van der Waals surface area contributed by atoms with E-state index in [0.717, 1.165) is 74.0 Å². The topological polar surface area (TPSA) is 200 Å². The molecule has 0 bridgehead atoms. The average Bonchev–Trinajstić information content (AvgIpc) is 4.05. The fourth-order valence-electron chi connectivity index (χ4n) is 12.9. The van der Waals surface area contributed by atoms with Crippen LogP contribution in [0.4, 0.5) is 0 Å². The molecule has 0 unspecified atom stereocenters. The summed E-state index contributed by atoms with van der Waals surface area (Å²) in [6.07, 6.45) is 14.7. The minimum Gasteiger partial charge on any atom is -0.375 e. The van der Waals surface area contributed by atoms with Gasteiger partial charge in [0.2, 0.25) is 35.4 Å². The van der Waals surface area contributed by atoms with Crippen LogP contribution in [0.15, 0.2) is 48.5 Å². The van der Waals surface area contributed by atoms with E-state index in [1.807, 2.05) is 24.3 Å². The number of likely N-dealkylation sites (N-methyl/N-ethyl adjacent to an activating group) is 2. The molecular weight excluding hydrogens is 1010 g/mol. The molecule has 0 radical (unpaired) electrons. The molecule has 2 aromatic carbocycles. The summed E-state index contributed by atoms with van der Waals surface area (Å²) in [6.45, 7) is 11.4. The highest BCUT2D eigenvalue weighted by Crippen LogP contribution is 2.48. The van der Waals surface area contributed by atoms with Gasteiger partial charge in [-0.05, 0) is 104 Å². The Labute approximate surface area is 466 Å². The van der Waals surface area contributed by atoms with Gasteiger partial charge in [-0.2, -0.15) is 0 Å². The van der Waals surface area contributed by atoms with Crippen LogP contribution in [0.1, 0.15) is 159 Å². The van der Waals surface area contributed by atoms with Crippen molar-refractivity contribution in [3.05, 3.63) is 70.8 Å². The van der Waals surface area contributed by atoms with Crippen LogP contribution in [-0.2, 0) is 51.1 Å². The molecule has 4 saturated heterocycles. The van der Waals surface area contributed by atoms with E-state index in [-0.39, 0.29) is 77.0 Å². The first kappa shape index (κ1) is 58.9. The Morgan fingerprint density at radius 3 is 1.45 bits per heavy atom. The van der Waals surface area contributed by atoms with Crippen molar-refractivity contribution in [2.75, 3.05) is 45.4 Å². The fourth-order valence-corrected chi connectivity index (χ4v) is 16.0. The van der Waals surface area contributed by atoms with Gasteiger partial charge in [-0.25, -0.2) is 0 Å². The third kappa shape index (κ3) is 14.0. The molecule has 77 heavy (non-hydrogen) atoms. The van der Waals surface area contributed by atoms with E-state index >= 15 is 0 Å². The van der Waals surface area contributed by atoms with Gasteiger partial charge in [-0.15, -0.1) is 23.5 Å². The van der Waals surface area contributed by atoms with Gasteiger partial charge in [0.25, 0.3) is 0 Å². The first-order chi connectivity index (χ1) is 37.0. The van der Waals surface area contributed by atoms with Gasteiger partial charge in [0.15, 0.2) is 0 Å². The van der Waals surface area contributed by atoms with Gasteiger partial charge < -0.3 is 51.2 Å². The number of rotatable bonds is 25. The molecule has 0 saturated carbocycles. The van der Waals surface area contributed by atoms with Crippen LogP contribution in [0.3, 0.4) is 0 Å². The molecule has 4 fully saturated rings. The lowest BCUT2D eigenvalue weighted by Crippen LogP contribution is -2.58. The number of fused-ring (bicyclic) bond motifs is 4. The van der Waals surface area contributed by atoms with Gasteiger partial charge >= 0.3 is 0 Å². The third-order valence-electron chi connectivity index (χ3n) is 17.1. The lowest BCUT2D eigenvalue weighted by molar-refractivity contribution is -0.144. The van der Waals surface area contributed by atoms with Crippen molar-refractivity contribution in [2.24, 2.45) is 10.8 Å². The highest BCUT2D eigenvalue weighted by Gasteiger charge is 2.57. The van der Waals surface area contributed by atoms with E-state index < -0.39 is 41.0 Å². The molecule has 2 aliphatic carbocycles. The SMILES string of the molecule is CNCC(=O)N[C@H]1CCS[C@H]2CC(C)(C)[C@@H](C(=O)N[C@H]3c4ccccc4C[C@H]3OCCCCCCCCCCCCO[C@@H]3Cc4ccccc4[C@@H]3NC(=O)[C@H]3N4C(=O)[C@@H](NC(=O)[C@H](C)NC)CCS[C@H]4CC3(C)C)N2C1=O. The van der Waals surface area contributed by atoms with Crippen LogP contribution in [0.25, 0.3) is 0 Å². The number of benzene rings is 2.